The van der Waals surface area contributed by atoms with Crippen molar-refractivity contribution in [2.75, 3.05) is 5.32 Å². The summed E-state index contributed by atoms with van der Waals surface area (Å²) in [6.45, 7) is 5.50. The van der Waals surface area contributed by atoms with Crippen LogP contribution in [0.2, 0.25) is 0 Å². The van der Waals surface area contributed by atoms with Crippen molar-refractivity contribution < 1.29 is 9.53 Å². The molecule has 0 unspecified atom stereocenters. The van der Waals surface area contributed by atoms with Crippen LogP contribution in [-0.2, 0) is 4.74 Å². The average Bonchev–Trinajstić information content (AvgIpc) is 2.69. The first-order valence-electron chi connectivity index (χ1n) is 5.62. The first kappa shape index (κ1) is 13.0. The Kier molecular flexibility index (Phi) is 3.34. The highest BCUT2D eigenvalue weighted by Gasteiger charge is 2.17. The van der Waals surface area contributed by atoms with Gasteiger partial charge in [-0.2, -0.15) is 0 Å². The Bertz CT molecular complexity index is 584. The summed E-state index contributed by atoms with van der Waals surface area (Å²) in [4.78, 5) is 14.8. The van der Waals surface area contributed by atoms with Crippen LogP contribution in [0.3, 0.4) is 0 Å². The molecule has 2 N–H and O–H groups in total. The number of carbonyl (C=O) groups is 1. The van der Waals surface area contributed by atoms with Gasteiger partial charge in [0.2, 0.25) is 0 Å². The molecule has 1 aromatic heterocycles. The number of hydrogen-bond acceptors (Lipinski definition) is 2. The lowest BCUT2D eigenvalue weighted by atomic mass is 10.2. The molecule has 4 nitrogen and oxygen atoms in total. The number of H-pyrrole nitrogens is 1. The van der Waals surface area contributed by atoms with Gasteiger partial charge in [0, 0.05) is 16.1 Å². The van der Waals surface area contributed by atoms with Gasteiger partial charge in [0.25, 0.3) is 0 Å². The molecule has 0 atom stereocenters. The van der Waals surface area contributed by atoms with Gasteiger partial charge in [0.15, 0.2) is 0 Å². The second-order valence-corrected chi connectivity index (χ2v) is 5.84. The van der Waals surface area contributed by atoms with Crippen LogP contribution in [0.1, 0.15) is 20.8 Å². The van der Waals surface area contributed by atoms with Crippen molar-refractivity contribution >= 4 is 38.6 Å². The minimum atomic E-state index is -0.503. The van der Waals surface area contributed by atoms with E-state index in [4.69, 9.17) is 4.74 Å². The molecule has 96 valence electrons. The normalized spacial score (nSPS) is 11.6. The Labute approximate surface area is 114 Å². The zero-order valence-corrected chi connectivity index (χ0v) is 12.1. The van der Waals surface area contributed by atoms with Crippen molar-refractivity contribution in [1.82, 2.24) is 4.98 Å². The van der Waals surface area contributed by atoms with Gasteiger partial charge < -0.3 is 9.72 Å². The number of benzene rings is 1. The zero-order chi connectivity index (χ0) is 13.3. The van der Waals surface area contributed by atoms with E-state index < -0.39 is 11.7 Å². The first-order valence-corrected chi connectivity index (χ1v) is 6.42. The molecule has 1 amide bonds. The molecule has 0 spiro atoms. The summed E-state index contributed by atoms with van der Waals surface area (Å²) in [5, 5.41) is 3.69. The van der Waals surface area contributed by atoms with Crippen LogP contribution < -0.4 is 5.32 Å². The van der Waals surface area contributed by atoms with Crippen LogP contribution in [-0.4, -0.2) is 16.7 Å². The van der Waals surface area contributed by atoms with E-state index in [2.05, 4.69) is 26.2 Å². The van der Waals surface area contributed by atoms with Crippen molar-refractivity contribution in [2.24, 2.45) is 0 Å². The SMILES string of the molecule is CC(C)(C)OC(=O)Nc1ccc(Br)c2[nH]ccc12. The van der Waals surface area contributed by atoms with Crippen molar-refractivity contribution in [3.63, 3.8) is 0 Å². The lowest BCUT2D eigenvalue weighted by Crippen LogP contribution is -2.27. The van der Waals surface area contributed by atoms with Gasteiger partial charge in [-0.15, -0.1) is 0 Å². The van der Waals surface area contributed by atoms with E-state index in [0.717, 1.165) is 21.1 Å². The fraction of sp³-hybridized carbons (Fsp3) is 0.308. The van der Waals surface area contributed by atoms with Gasteiger partial charge >= 0.3 is 6.09 Å². The number of carbonyl (C=O) groups excluding carboxylic acids is 1. The lowest BCUT2D eigenvalue weighted by molar-refractivity contribution is 0.0636. The largest absolute Gasteiger partial charge is 0.444 e. The number of anilines is 1. The number of amides is 1. The summed E-state index contributed by atoms with van der Waals surface area (Å²) in [6.07, 6.45) is 1.38. The number of aromatic nitrogens is 1. The number of fused-ring (bicyclic) bond motifs is 1. The van der Waals surface area contributed by atoms with Crippen molar-refractivity contribution in [1.29, 1.82) is 0 Å². The van der Waals surface area contributed by atoms with Gasteiger partial charge in [-0.3, -0.25) is 5.32 Å². The van der Waals surface area contributed by atoms with Crippen molar-refractivity contribution in [3.05, 3.63) is 28.9 Å². The lowest BCUT2D eigenvalue weighted by Gasteiger charge is -2.20. The van der Waals surface area contributed by atoms with Gasteiger partial charge in [-0.1, -0.05) is 0 Å². The predicted octanol–water partition coefficient (Wildman–Crippen LogP) is 4.28. The topological polar surface area (TPSA) is 54.1 Å². The Morgan fingerprint density at radius 2 is 2.06 bits per heavy atom. The molecule has 0 fully saturated rings. The minimum absolute atomic E-state index is 0.452. The van der Waals surface area contributed by atoms with E-state index in [1.807, 2.05) is 45.2 Å². The molecule has 2 aromatic rings. The number of nitrogens with one attached hydrogen (secondary N) is 2. The summed E-state index contributed by atoms with van der Waals surface area (Å²) in [6, 6.07) is 5.63. The summed E-state index contributed by atoms with van der Waals surface area (Å²) < 4.78 is 6.18. The molecule has 18 heavy (non-hydrogen) atoms. The quantitative estimate of drug-likeness (QED) is 0.826. The average molecular weight is 311 g/mol. The Morgan fingerprint density at radius 3 is 2.72 bits per heavy atom. The smallest absolute Gasteiger partial charge is 0.412 e. The van der Waals surface area contributed by atoms with Crippen LogP contribution in [0.25, 0.3) is 10.9 Å². The minimum Gasteiger partial charge on any atom is -0.444 e. The Balaban J connectivity index is 2.25. The summed E-state index contributed by atoms with van der Waals surface area (Å²) in [5.41, 5.74) is 1.17. The molecule has 0 aliphatic heterocycles. The maximum atomic E-state index is 11.7. The van der Waals surface area contributed by atoms with Crippen molar-refractivity contribution in [3.8, 4) is 0 Å². The van der Waals surface area contributed by atoms with Gasteiger partial charge in [0.1, 0.15) is 5.60 Å². The molecule has 5 heteroatoms. The Hall–Kier alpha value is -1.49. The van der Waals surface area contributed by atoms with Crippen LogP contribution in [0.5, 0.6) is 0 Å². The third-order valence-electron chi connectivity index (χ3n) is 2.31. The number of rotatable bonds is 1. The summed E-state index contributed by atoms with van der Waals surface area (Å²) >= 11 is 3.45. The monoisotopic (exact) mass is 310 g/mol. The fourth-order valence-electron chi connectivity index (χ4n) is 1.64. The molecule has 0 radical (unpaired) electrons. The van der Waals surface area contributed by atoms with Gasteiger partial charge in [0.05, 0.1) is 11.2 Å². The molecule has 0 aliphatic carbocycles. The Morgan fingerprint density at radius 1 is 1.33 bits per heavy atom. The first-order chi connectivity index (χ1) is 8.37. The molecular formula is C13H15BrN2O2. The maximum Gasteiger partial charge on any atom is 0.412 e. The van der Waals surface area contributed by atoms with E-state index >= 15 is 0 Å². The van der Waals surface area contributed by atoms with E-state index in [1.54, 1.807) is 0 Å². The summed E-state index contributed by atoms with van der Waals surface area (Å²) in [5.74, 6) is 0. The predicted molar refractivity (Wildman–Crippen MR) is 75.9 cm³/mol. The van der Waals surface area contributed by atoms with E-state index in [1.165, 1.54) is 0 Å². The zero-order valence-electron chi connectivity index (χ0n) is 10.5. The third-order valence-corrected chi connectivity index (χ3v) is 2.97. The second kappa shape index (κ2) is 4.65. The molecule has 1 aromatic carbocycles. The number of aromatic amines is 1. The summed E-state index contributed by atoms with van der Waals surface area (Å²) in [7, 11) is 0. The van der Waals surface area contributed by atoms with Crippen LogP contribution in [0.4, 0.5) is 10.5 Å². The van der Waals surface area contributed by atoms with E-state index in [9.17, 15) is 4.79 Å². The van der Waals surface area contributed by atoms with Crippen LogP contribution in [0.15, 0.2) is 28.9 Å². The molecule has 0 aliphatic rings. The van der Waals surface area contributed by atoms with Crippen LogP contribution >= 0.6 is 15.9 Å². The highest BCUT2D eigenvalue weighted by Crippen LogP contribution is 2.29. The van der Waals surface area contributed by atoms with Crippen LogP contribution in [0, 0.1) is 0 Å². The van der Waals surface area contributed by atoms with E-state index in [-0.39, 0.29) is 0 Å². The third kappa shape index (κ3) is 2.85. The number of ether oxygens (including phenoxy) is 1. The number of hydrogen-bond donors (Lipinski definition) is 2. The number of halogens is 1. The molecule has 0 saturated carbocycles. The van der Waals surface area contributed by atoms with Gasteiger partial charge in [-0.25, -0.2) is 4.79 Å². The fourth-order valence-corrected chi connectivity index (χ4v) is 2.10. The molecular weight excluding hydrogens is 296 g/mol. The molecule has 2 rings (SSSR count). The highest BCUT2D eigenvalue weighted by molar-refractivity contribution is 9.10. The highest BCUT2D eigenvalue weighted by atomic mass is 79.9. The molecule has 0 saturated heterocycles. The standard InChI is InChI=1S/C13H15BrN2O2/c1-13(2,3)18-12(17)16-10-5-4-9(14)11-8(10)6-7-15-11/h4-7,15H,1-3H3,(H,16,17). The van der Waals surface area contributed by atoms with Crippen molar-refractivity contribution in [2.45, 2.75) is 26.4 Å². The second-order valence-electron chi connectivity index (χ2n) is 4.99. The molecule has 0 bridgehead atoms. The van der Waals surface area contributed by atoms with Gasteiger partial charge in [-0.05, 0) is 54.9 Å². The maximum absolute atomic E-state index is 11.7. The van der Waals surface area contributed by atoms with E-state index in [0.29, 0.717) is 0 Å². The molecule has 1 heterocycles.